The minimum Gasteiger partial charge on any atom is -0.331 e. The fourth-order valence-electron chi connectivity index (χ4n) is 3.09. The van der Waals surface area contributed by atoms with Crippen LogP contribution in [0.2, 0.25) is 0 Å². The smallest absolute Gasteiger partial charge is 0.264 e. The molecule has 4 rings (SSSR count). The number of aromatic nitrogens is 2. The van der Waals surface area contributed by atoms with Gasteiger partial charge in [0.2, 0.25) is 0 Å². The average Bonchev–Trinajstić information content (AvgIpc) is 3.10. The van der Waals surface area contributed by atoms with Gasteiger partial charge in [0.25, 0.3) is 5.91 Å². The van der Waals surface area contributed by atoms with Crippen molar-refractivity contribution in [2.75, 3.05) is 0 Å². The van der Waals surface area contributed by atoms with Crippen molar-refractivity contribution >= 4 is 45.6 Å². The van der Waals surface area contributed by atoms with E-state index in [0.29, 0.717) is 10.1 Å². The lowest BCUT2D eigenvalue weighted by Crippen LogP contribution is -2.19. The maximum Gasteiger partial charge on any atom is 0.264 e. The zero-order valence-electron chi connectivity index (χ0n) is 15.7. The van der Waals surface area contributed by atoms with E-state index in [1.807, 2.05) is 55.8 Å². The SMILES string of the molecule is Cc1ccc(N=C2NC(=O)/C(=C\c3ccc4nc(C)n(C)c4c3)S2)c(C)c1. The van der Waals surface area contributed by atoms with Gasteiger partial charge in [0, 0.05) is 7.05 Å². The molecule has 0 bridgehead atoms. The molecule has 136 valence electrons. The molecule has 1 fully saturated rings. The molecule has 1 saturated heterocycles. The fraction of sp³-hybridized carbons (Fsp3) is 0.190. The topological polar surface area (TPSA) is 59.3 Å². The largest absolute Gasteiger partial charge is 0.331 e. The molecule has 27 heavy (non-hydrogen) atoms. The van der Waals surface area contributed by atoms with Crippen LogP contribution in [-0.2, 0) is 11.8 Å². The lowest BCUT2D eigenvalue weighted by molar-refractivity contribution is -0.115. The molecule has 6 heteroatoms. The van der Waals surface area contributed by atoms with E-state index in [0.717, 1.165) is 33.7 Å². The van der Waals surface area contributed by atoms with Crippen LogP contribution in [0.1, 0.15) is 22.5 Å². The van der Waals surface area contributed by atoms with Gasteiger partial charge in [-0.2, -0.15) is 0 Å². The summed E-state index contributed by atoms with van der Waals surface area (Å²) in [5.41, 5.74) is 6.13. The van der Waals surface area contributed by atoms with Crippen molar-refractivity contribution < 1.29 is 4.79 Å². The Kier molecular flexibility index (Phi) is 4.36. The number of imidazole rings is 1. The molecule has 0 unspecified atom stereocenters. The number of thioether (sulfide) groups is 1. The molecule has 1 amide bonds. The number of amides is 1. The maximum atomic E-state index is 12.4. The molecule has 1 aromatic heterocycles. The Bertz CT molecular complexity index is 1140. The first-order valence-electron chi connectivity index (χ1n) is 8.70. The number of aryl methyl sites for hydroxylation is 4. The summed E-state index contributed by atoms with van der Waals surface area (Å²) in [5.74, 6) is 0.843. The van der Waals surface area contributed by atoms with Crippen LogP contribution in [0.3, 0.4) is 0 Å². The normalized spacial score (nSPS) is 17.3. The number of hydrogen-bond acceptors (Lipinski definition) is 4. The number of nitrogens with zero attached hydrogens (tertiary/aromatic N) is 3. The number of fused-ring (bicyclic) bond motifs is 1. The van der Waals surface area contributed by atoms with Crippen LogP contribution >= 0.6 is 11.8 Å². The van der Waals surface area contributed by atoms with Crippen LogP contribution in [-0.4, -0.2) is 20.6 Å². The number of amidine groups is 1. The molecule has 0 radical (unpaired) electrons. The quantitative estimate of drug-likeness (QED) is 0.675. The molecule has 1 N–H and O–H groups in total. The zero-order chi connectivity index (χ0) is 19.1. The molecule has 0 aliphatic carbocycles. The second-order valence-corrected chi connectivity index (χ2v) is 7.77. The van der Waals surface area contributed by atoms with Crippen molar-refractivity contribution in [3.05, 3.63) is 63.8 Å². The lowest BCUT2D eigenvalue weighted by atomic mass is 10.1. The van der Waals surface area contributed by atoms with E-state index < -0.39 is 0 Å². The minimum absolute atomic E-state index is 0.121. The summed E-state index contributed by atoms with van der Waals surface area (Å²) in [6.45, 7) is 6.06. The van der Waals surface area contributed by atoms with Gasteiger partial charge in [-0.25, -0.2) is 9.98 Å². The first-order valence-corrected chi connectivity index (χ1v) is 9.52. The standard InChI is InChI=1S/C21H20N4OS/c1-12-5-7-16(13(2)9-12)23-21-24-20(26)19(27-21)11-15-6-8-17-18(10-15)25(4)14(3)22-17/h5-11H,1-4H3,(H,23,24,26)/b19-11+. The van der Waals surface area contributed by atoms with Crippen molar-refractivity contribution in [3.8, 4) is 0 Å². The Hall–Kier alpha value is -2.86. The molecule has 1 aliphatic rings. The Labute approximate surface area is 162 Å². The lowest BCUT2D eigenvalue weighted by Gasteiger charge is -2.02. The highest BCUT2D eigenvalue weighted by Crippen LogP contribution is 2.30. The summed E-state index contributed by atoms with van der Waals surface area (Å²) in [4.78, 5) is 22.1. The van der Waals surface area contributed by atoms with Gasteiger partial charge in [0.05, 0.1) is 21.6 Å². The van der Waals surface area contributed by atoms with Crippen LogP contribution in [0.25, 0.3) is 17.1 Å². The number of benzene rings is 2. The van der Waals surface area contributed by atoms with Gasteiger partial charge in [-0.05, 0) is 67.9 Å². The first kappa shape index (κ1) is 17.5. The van der Waals surface area contributed by atoms with E-state index in [-0.39, 0.29) is 5.91 Å². The van der Waals surface area contributed by atoms with E-state index in [1.54, 1.807) is 0 Å². The molecule has 2 heterocycles. The number of rotatable bonds is 2. The molecule has 0 atom stereocenters. The number of nitrogens with one attached hydrogen (secondary N) is 1. The molecule has 1 aliphatic heterocycles. The van der Waals surface area contributed by atoms with E-state index in [2.05, 4.69) is 34.3 Å². The van der Waals surface area contributed by atoms with Gasteiger partial charge in [0.1, 0.15) is 5.82 Å². The minimum atomic E-state index is -0.121. The summed E-state index contributed by atoms with van der Waals surface area (Å²) in [6.07, 6.45) is 1.90. The van der Waals surface area contributed by atoms with Gasteiger partial charge in [-0.3, -0.25) is 4.79 Å². The van der Waals surface area contributed by atoms with E-state index in [4.69, 9.17) is 0 Å². The Morgan fingerprint density at radius 1 is 1.15 bits per heavy atom. The maximum absolute atomic E-state index is 12.4. The monoisotopic (exact) mass is 376 g/mol. The van der Waals surface area contributed by atoms with E-state index in [1.165, 1.54) is 17.3 Å². The predicted octanol–water partition coefficient (Wildman–Crippen LogP) is 4.39. The van der Waals surface area contributed by atoms with Gasteiger partial charge in [-0.1, -0.05) is 23.8 Å². The number of carbonyl (C=O) groups is 1. The predicted molar refractivity (Wildman–Crippen MR) is 112 cm³/mol. The Morgan fingerprint density at radius 2 is 1.96 bits per heavy atom. The van der Waals surface area contributed by atoms with Crippen molar-refractivity contribution in [2.45, 2.75) is 20.8 Å². The number of carbonyl (C=O) groups excluding carboxylic acids is 1. The van der Waals surface area contributed by atoms with Crippen molar-refractivity contribution in [3.63, 3.8) is 0 Å². The number of hydrogen-bond donors (Lipinski definition) is 1. The van der Waals surface area contributed by atoms with Gasteiger partial charge in [0.15, 0.2) is 5.17 Å². The summed E-state index contributed by atoms with van der Waals surface area (Å²) < 4.78 is 2.05. The molecule has 0 saturated carbocycles. The zero-order valence-corrected chi connectivity index (χ0v) is 16.5. The highest BCUT2D eigenvalue weighted by atomic mass is 32.2. The second kappa shape index (κ2) is 6.70. The van der Waals surface area contributed by atoms with Crippen molar-refractivity contribution in [1.29, 1.82) is 0 Å². The highest BCUT2D eigenvalue weighted by molar-refractivity contribution is 8.18. The third kappa shape index (κ3) is 3.40. The van der Waals surface area contributed by atoms with Gasteiger partial charge in [-0.15, -0.1) is 0 Å². The Balaban J connectivity index is 1.64. The molecular formula is C21H20N4OS. The van der Waals surface area contributed by atoms with Crippen molar-refractivity contribution in [2.24, 2.45) is 12.0 Å². The molecule has 3 aromatic rings. The van der Waals surface area contributed by atoms with Crippen LogP contribution in [0.4, 0.5) is 5.69 Å². The van der Waals surface area contributed by atoms with E-state index in [9.17, 15) is 4.79 Å². The molecule has 5 nitrogen and oxygen atoms in total. The highest BCUT2D eigenvalue weighted by Gasteiger charge is 2.24. The van der Waals surface area contributed by atoms with E-state index >= 15 is 0 Å². The Morgan fingerprint density at radius 3 is 2.74 bits per heavy atom. The van der Waals surface area contributed by atoms with Crippen molar-refractivity contribution in [1.82, 2.24) is 14.9 Å². The second-order valence-electron chi connectivity index (χ2n) is 6.74. The molecule has 2 aromatic carbocycles. The van der Waals surface area contributed by atoms with Gasteiger partial charge < -0.3 is 9.88 Å². The summed E-state index contributed by atoms with van der Waals surface area (Å²) >= 11 is 1.36. The van der Waals surface area contributed by atoms with Gasteiger partial charge >= 0.3 is 0 Å². The summed E-state index contributed by atoms with van der Waals surface area (Å²) in [7, 11) is 1.99. The van der Waals surface area contributed by atoms with Crippen LogP contribution in [0.15, 0.2) is 46.3 Å². The van der Waals surface area contributed by atoms with Crippen LogP contribution in [0, 0.1) is 20.8 Å². The fourth-order valence-corrected chi connectivity index (χ4v) is 3.92. The third-order valence-corrected chi connectivity index (χ3v) is 5.56. The van der Waals surface area contributed by atoms with Crippen LogP contribution in [0.5, 0.6) is 0 Å². The van der Waals surface area contributed by atoms with Crippen LogP contribution < -0.4 is 5.32 Å². The first-order chi connectivity index (χ1) is 12.9. The summed E-state index contributed by atoms with van der Waals surface area (Å²) in [6, 6.07) is 12.1. The molecule has 0 spiro atoms. The average molecular weight is 376 g/mol. The molecular weight excluding hydrogens is 356 g/mol. The third-order valence-electron chi connectivity index (χ3n) is 4.65. The number of aliphatic imine (C=N–C) groups is 1. The summed E-state index contributed by atoms with van der Waals surface area (Å²) in [5, 5.41) is 3.46.